The minimum Gasteiger partial charge on any atom is -0.434 e. The van der Waals surface area contributed by atoms with Gasteiger partial charge in [-0.15, -0.1) is 0 Å². The maximum atomic E-state index is 10.4. The van der Waals surface area contributed by atoms with E-state index in [0.717, 1.165) is 0 Å². The number of hydrogen-bond donors (Lipinski definition) is 0. The van der Waals surface area contributed by atoms with Crippen LogP contribution in [0.4, 0.5) is 9.59 Å². The molecule has 0 amide bonds. The van der Waals surface area contributed by atoms with Gasteiger partial charge in [0.15, 0.2) is 0 Å². The molecule has 100 valence electrons. The topological polar surface area (TPSA) is 61.8 Å². The van der Waals surface area contributed by atoms with Gasteiger partial charge in [0.1, 0.15) is 0 Å². The number of benzene rings is 1. The van der Waals surface area contributed by atoms with Gasteiger partial charge in [-0.05, 0) is 20.8 Å². The van der Waals surface area contributed by atoms with Gasteiger partial charge in [-0.1, -0.05) is 35.9 Å². The van der Waals surface area contributed by atoms with Crippen LogP contribution >= 0.6 is 0 Å². The third-order valence-electron chi connectivity index (χ3n) is 1.63. The molecule has 0 saturated heterocycles. The average Bonchev–Trinajstić information content (AvgIpc) is 2.31. The number of aryl methyl sites for hydroxylation is 1. The van der Waals surface area contributed by atoms with Crippen LogP contribution in [0, 0.1) is 6.92 Å². The van der Waals surface area contributed by atoms with E-state index in [4.69, 9.17) is 0 Å². The Balaban J connectivity index is 0.000000351. The van der Waals surface area contributed by atoms with Crippen LogP contribution in [-0.4, -0.2) is 25.5 Å². The molecule has 0 aliphatic heterocycles. The van der Waals surface area contributed by atoms with E-state index >= 15 is 0 Å². The van der Waals surface area contributed by atoms with E-state index in [1.54, 1.807) is 13.8 Å². The fraction of sp³-hybridized carbons (Fsp3) is 0.385. The second-order valence-corrected chi connectivity index (χ2v) is 3.12. The standard InChI is InChI=1S/C7H8.C6H10O5/c1-7-5-3-2-4-6-7;1-3-9-5(7)11-6(8)10-4-2/h2-6H,1H3;3-4H2,1-2H3. The Labute approximate surface area is 107 Å². The molecule has 0 unspecified atom stereocenters. The van der Waals surface area contributed by atoms with Gasteiger partial charge in [-0.2, -0.15) is 0 Å². The van der Waals surface area contributed by atoms with Crippen LogP contribution in [0.1, 0.15) is 19.4 Å². The predicted octanol–water partition coefficient (Wildman–Crippen LogP) is 3.31. The van der Waals surface area contributed by atoms with E-state index in [0.29, 0.717) is 0 Å². The molecular formula is C13H18O5. The highest BCUT2D eigenvalue weighted by Gasteiger charge is 2.10. The molecule has 18 heavy (non-hydrogen) atoms. The summed E-state index contributed by atoms with van der Waals surface area (Å²) in [5.41, 5.74) is 1.32. The minimum absolute atomic E-state index is 0.165. The Morgan fingerprint density at radius 3 is 1.67 bits per heavy atom. The van der Waals surface area contributed by atoms with Crippen molar-refractivity contribution in [3.05, 3.63) is 35.9 Å². The zero-order chi connectivity index (χ0) is 13.8. The summed E-state index contributed by atoms with van der Waals surface area (Å²) in [6.07, 6.45) is -2.07. The molecule has 1 aromatic carbocycles. The average molecular weight is 254 g/mol. The largest absolute Gasteiger partial charge is 0.518 e. The Morgan fingerprint density at radius 2 is 1.39 bits per heavy atom. The van der Waals surface area contributed by atoms with Crippen molar-refractivity contribution in [1.82, 2.24) is 0 Å². The van der Waals surface area contributed by atoms with Crippen molar-refractivity contribution in [1.29, 1.82) is 0 Å². The number of ether oxygens (including phenoxy) is 3. The van der Waals surface area contributed by atoms with Crippen molar-refractivity contribution in [2.75, 3.05) is 13.2 Å². The lowest BCUT2D eigenvalue weighted by Crippen LogP contribution is -2.14. The van der Waals surface area contributed by atoms with E-state index in [-0.39, 0.29) is 13.2 Å². The number of hydrogen-bond acceptors (Lipinski definition) is 5. The summed E-state index contributed by atoms with van der Waals surface area (Å²) in [7, 11) is 0. The fourth-order valence-electron chi connectivity index (χ4n) is 0.897. The molecule has 0 radical (unpaired) electrons. The monoisotopic (exact) mass is 254 g/mol. The second kappa shape index (κ2) is 10.1. The first-order valence-electron chi connectivity index (χ1n) is 5.63. The van der Waals surface area contributed by atoms with Gasteiger partial charge in [-0.3, -0.25) is 0 Å². The van der Waals surface area contributed by atoms with Crippen LogP contribution in [0.3, 0.4) is 0 Å². The number of carbonyl (C=O) groups is 2. The smallest absolute Gasteiger partial charge is 0.434 e. The lowest BCUT2D eigenvalue weighted by Gasteiger charge is -2.01. The van der Waals surface area contributed by atoms with Crippen LogP contribution < -0.4 is 0 Å². The van der Waals surface area contributed by atoms with E-state index in [2.05, 4.69) is 33.3 Å². The van der Waals surface area contributed by atoms with Crippen LogP contribution in [0.5, 0.6) is 0 Å². The van der Waals surface area contributed by atoms with Crippen LogP contribution in [-0.2, 0) is 14.2 Å². The summed E-state index contributed by atoms with van der Waals surface area (Å²) in [5, 5.41) is 0. The van der Waals surface area contributed by atoms with Crippen molar-refractivity contribution in [3.8, 4) is 0 Å². The number of carbonyl (C=O) groups excluding carboxylic acids is 2. The van der Waals surface area contributed by atoms with E-state index in [1.807, 2.05) is 18.2 Å². The highest BCUT2D eigenvalue weighted by atomic mass is 16.8. The highest BCUT2D eigenvalue weighted by molar-refractivity contribution is 5.76. The SMILES string of the molecule is CCOC(=O)OC(=O)OCC.Cc1ccccc1. The van der Waals surface area contributed by atoms with Crippen LogP contribution in [0.25, 0.3) is 0 Å². The first-order chi connectivity index (χ1) is 8.60. The summed E-state index contributed by atoms with van der Waals surface area (Å²) in [5.74, 6) is 0. The van der Waals surface area contributed by atoms with Gasteiger partial charge in [0, 0.05) is 0 Å². The quantitative estimate of drug-likeness (QED) is 0.598. The molecule has 0 N–H and O–H groups in total. The molecular weight excluding hydrogens is 236 g/mol. The van der Waals surface area contributed by atoms with E-state index in [1.165, 1.54) is 5.56 Å². The normalized spacial score (nSPS) is 8.61. The second-order valence-electron chi connectivity index (χ2n) is 3.12. The van der Waals surface area contributed by atoms with E-state index < -0.39 is 12.3 Å². The lowest BCUT2D eigenvalue weighted by atomic mass is 10.2. The van der Waals surface area contributed by atoms with Crippen molar-refractivity contribution < 1.29 is 23.8 Å². The first kappa shape index (κ1) is 16.0. The Hall–Kier alpha value is -2.04. The molecule has 1 rings (SSSR count). The Kier molecular flexibility index (Phi) is 8.99. The molecule has 0 aliphatic rings. The van der Waals surface area contributed by atoms with Gasteiger partial charge < -0.3 is 14.2 Å². The summed E-state index contributed by atoms with van der Waals surface area (Å²) in [6, 6.07) is 10.3. The molecule has 5 nitrogen and oxygen atoms in total. The third kappa shape index (κ3) is 9.21. The van der Waals surface area contributed by atoms with Crippen molar-refractivity contribution in [2.24, 2.45) is 0 Å². The molecule has 0 aliphatic carbocycles. The first-order valence-corrected chi connectivity index (χ1v) is 5.63. The van der Waals surface area contributed by atoms with Gasteiger partial charge >= 0.3 is 12.3 Å². The molecule has 0 bridgehead atoms. The van der Waals surface area contributed by atoms with Crippen molar-refractivity contribution >= 4 is 12.3 Å². The van der Waals surface area contributed by atoms with Crippen LogP contribution in [0.2, 0.25) is 0 Å². The predicted molar refractivity (Wildman–Crippen MR) is 66.3 cm³/mol. The van der Waals surface area contributed by atoms with Gasteiger partial charge in [-0.25, -0.2) is 9.59 Å². The zero-order valence-corrected chi connectivity index (χ0v) is 10.8. The van der Waals surface area contributed by atoms with Gasteiger partial charge in [0.25, 0.3) is 0 Å². The van der Waals surface area contributed by atoms with Gasteiger partial charge in [0.2, 0.25) is 0 Å². The van der Waals surface area contributed by atoms with Crippen molar-refractivity contribution in [3.63, 3.8) is 0 Å². The molecule has 0 aromatic heterocycles. The molecule has 0 heterocycles. The summed E-state index contributed by atoms with van der Waals surface area (Å²) < 4.78 is 12.6. The maximum absolute atomic E-state index is 10.4. The summed E-state index contributed by atoms with van der Waals surface area (Å²) in [4.78, 5) is 20.8. The highest BCUT2D eigenvalue weighted by Crippen LogP contribution is 1.92. The maximum Gasteiger partial charge on any atom is 0.518 e. The molecule has 0 spiro atoms. The zero-order valence-electron chi connectivity index (χ0n) is 10.8. The molecule has 0 atom stereocenters. The van der Waals surface area contributed by atoms with Gasteiger partial charge in [0.05, 0.1) is 13.2 Å². The minimum atomic E-state index is -1.04. The molecule has 0 saturated carbocycles. The summed E-state index contributed by atoms with van der Waals surface area (Å²) in [6.45, 7) is 5.62. The fourth-order valence-corrected chi connectivity index (χ4v) is 0.897. The van der Waals surface area contributed by atoms with Crippen LogP contribution in [0.15, 0.2) is 30.3 Å². The lowest BCUT2D eigenvalue weighted by molar-refractivity contribution is 0.0409. The number of rotatable bonds is 2. The molecule has 0 fully saturated rings. The third-order valence-corrected chi connectivity index (χ3v) is 1.63. The van der Waals surface area contributed by atoms with Crippen molar-refractivity contribution in [2.45, 2.75) is 20.8 Å². The molecule has 5 heteroatoms. The summed E-state index contributed by atoms with van der Waals surface area (Å²) >= 11 is 0. The Morgan fingerprint density at radius 1 is 0.944 bits per heavy atom. The molecule has 1 aromatic rings. The Bertz CT molecular complexity index is 332. The van der Waals surface area contributed by atoms with E-state index in [9.17, 15) is 9.59 Å².